The van der Waals surface area contributed by atoms with Crippen molar-refractivity contribution in [1.82, 2.24) is 5.32 Å². The lowest BCUT2D eigenvalue weighted by atomic mass is 10.1. The number of nitrogens with one attached hydrogen (secondary N) is 1. The number of ether oxygens (including phenoxy) is 1. The largest absolute Gasteiger partial charge is 0.452 e. The predicted octanol–water partition coefficient (Wildman–Crippen LogP) is 1.65. The van der Waals surface area contributed by atoms with E-state index in [4.69, 9.17) is 10.5 Å². The Morgan fingerprint density at radius 3 is 2.53 bits per heavy atom. The van der Waals surface area contributed by atoms with Gasteiger partial charge in [0.1, 0.15) is 0 Å². The fourth-order valence-corrected chi connectivity index (χ4v) is 1.52. The van der Waals surface area contributed by atoms with E-state index in [9.17, 15) is 9.59 Å². The summed E-state index contributed by atoms with van der Waals surface area (Å²) in [5, 5.41) is 2.70. The molecular weight excluding hydrogens is 244 g/mol. The molecule has 5 heteroatoms. The molecule has 104 valence electrons. The first-order chi connectivity index (χ1) is 8.70. The fraction of sp³-hybridized carbons (Fsp3) is 0.429. The number of carbonyl (C=O) groups excluding carboxylic acids is 2. The number of esters is 1. The minimum absolute atomic E-state index is 0.281. The highest BCUT2D eigenvalue weighted by Gasteiger charge is 2.17. The van der Waals surface area contributed by atoms with Crippen LogP contribution in [0.5, 0.6) is 0 Å². The molecule has 0 aliphatic rings. The van der Waals surface area contributed by atoms with Crippen LogP contribution in [0.1, 0.15) is 36.7 Å². The van der Waals surface area contributed by atoms with Gasteiger partial charge in [0.15, 0.2) is 6.61 Å². The minimum atomic E-state index is -0.592. The lowest BCUT2D eigenvalue weighted by Crippen LogP contribution is -2.42. The van der Waals surface area contributed by atoms with Crippen LogP contribution in [0.3, 0.4) is 0 Å². The maximum Gasteiger partial charge on any atom is 0.340 e. The number of amides is 1. The standard InChI is InChI=1S/C14H20N2O3/c1-9-6-5-7-10(12(9)15)13(18)19-8-11(17)16-14(2,3)4/h5-7H,8,15H2,1-4H3,(H,16,17). The Kier molecular flexibility index (Phi) is 4.53. The van der Waals surface area contributed by atoms with Crippen molar-refractivity contribution < 1.29 is 14.3 Å². The van der Waals surface area contributed by atoms with E-state index in [0.29, 0.717) is 5.69 Å². The molecule has 0 aliphatic carbocycles. The number of nitrogen functional groups attached to an aromatic ring is 1. The fourth-order valence-electron chi connectivity index (χ4n) is 1.52. The molecule has 0 aromatic heterocycles. The topological polar surface area (TPSA) is 81.4 Å². The highest BCUT2D eigenvalue weighted by Crippen LogP contribution is 2.17. The normalized spacial score (nSPS) is 10.9. The molecule has 1 rings (SSSR count). The summed E-state index contributed by atoms with van der Waals surface area (Å²) in [7, 11) is 0. The summed E-state index contributed by atoms with van der Waals surface area (Å²) >= 11 is 0. The van der Waals surface area contributed by atoms with E-state index >= 15 is 0 Å². The molecule has 0 saturated carbocycles. The first-order valence-electron chi connectivity index (χ1n) is 6.04. The monoisotopic (exact) mass is 264 g/mol. The Morgan fingerprint density at radius 2 is 1.95 bits per heavy atom. The van der Waals surface area contributed by atoms with Crippen molar-refractivity contribution in [3.63, 3.8) is 0 Å². The number of hydrogen-bond donors (Lipinski definition) is 2. The van der Waals surface area contributed by atoms with Crippen molar-refractivity contribution in [3.8, 4) is 0 Å². The van der Waals surface area contributed by atoms with Crippen molar-refractivity contribution >= 4 is 17.6 Å². The number of carbonyl (C=O) groups is 2. The van der Waals surface area contributed by atoms with Crippen LogP contribution >= 0.6 is 0 Å². The van der Waals surface area contributed by atoms with Crippen LogP contribution in [-0.4, -0.2) is 24.0 Å². The number of para-hydroxylation sites is 1. The molecule has 0 radical (unpaired) electrons. The van der Waals surface area contributed by atoms with Gasteiger partial charge < -0.3 is 15.8 Å². The third-order valence-electron chi connectivity index (χ3n) is 2.39. The van der Waals surface area contributed by atoms with Gasteiger partial charge in [0.25, 0.3) is 5.91 Å². The number of nitrogens with two attached hydrogens (primary N) is 1. The van der Waals surface area contributed by atoms with Crippen molar-refractivity contribution in [2.75, 3.05) is 12.3 Å². The summed E-state index contributed by atoms with van der Waals surface area (Å²) in [5.74, 6) is -0.933. The van der Waals surface area contributed by atoms with Gasteiger partial charge in [-0.1, -0.05) is 12.1 Å². The third-order valence-corrected chi connectivity index (χ3v) is 2.39. The van der Waals surface area contributed by atoms with Crippen molar-refractivity contribution in [3.05, 3.63) is 29.3 Å². The van der Waals surface area contributed by atoms with Crippen LogP contribution in [0.25, 0.3) is 0 Å². The second kappa shape index (κ2) is 5.73. The Labute approximate surface area is 113 Å². The molecular formula is C14H20N2O3. The Hall–Kier alpha value is -2.04. The van der Waals surface area contributed by atoms with E-state index in [1.807, 2.05) is 20.8 Å². The smallest absolute Gasteiger partial charge is 0.340 e. The molecule has 5 nitrogen and oxygen atoms in total. The second-order valence-corrected chi connectivity index (χ2v) is 5.41. The SMILES string of the molecule is Cc1cccc(C(=O)OCC(=O)NC(C)(C)C)c1N. The number of benzene rings is 1. The van der Waals surface area contributed by atoms with Gasteiger partial charge in [-0.25, -0.2) is 4.79 Å². The number of rotatable bonds is 3. The predicted molar refractivity (Wildman–Crippen MR) is 73.8 cm³/mol. The van der Waals surface area contributed by atoms with E-state index in [0.717, 1.165) is 5.56 Å². The van der Waals surface area contributed by atoms with Crippen molar-refractivity contribution in [2.45, 2.75) is 33.2 Å². The van der Waals surface area contributed by atoms with Crippen molar-refractivity contribution in [1.29, 1.82) is 0 Å². The Bertz CT molecular complexity index is 490. The quantitative estimate of drug-likeness (QED) is 0.642. The van der Waals surface area contributed by atoms with Crippen molar-refractivity contribution in [2.24, 2.45) is 0 Å². The highest BCUT2D eigenvalue weighted by molar-refractivity contribution is 5.96. The maximum absolute atomic E-state index is 11.8. The summed E-state index contributed by atoms with van der Waals surface area (Å²) < 4.78 is 4.94. The molecule has 0 saturated heterocycles. The second-order valence-electron chi connectivity index (χ2n) is 5.41. The average Bonchev–Trinajstić information content (AvgIpc) is 2.27. The van der Waals surface area contributed by atoms with Crippen LogP contribution in [-0.2, 0) is 9.53 Å². The molecule has 0 bridgehead atoms. The summed E-state index contributed by atoms with van der Waals surface area (Å²) in [4.78, 5) is 23.3. The van der Waals surface area contributed by atoms with Gasteiger partial charge in [-0.2, -0.15) is 0 Å². The lowest BCUT2D eigenvalue weighted by molar-refractivity contribution is -0.125. The van der Waals surface area contributed by atoms with Gasteiger partial charge in [-0.05, 0) is 39.3 Å². The third kappa shape index (κ3) is 4.62. The first kappa shape index (κ1) is 15.0. The average molecular weight is 264 g/mol. The molecule has 19 heavy (non-hydrogen) atoms. The van der Waals surface area contributed by atoms with Crippen LogP contribution < -0.4 is 11.1 Å². The number of aryl methyl sites for hydroxylation is 1. The van der Waals surface area contributed by atoms with Gasteiger partial charge >= 0.3 is 5.97 Å². The molecule has 0 aliphatic heterocycles. The number of anilines is 1. The van der Waals surface area contributed by atoms with Crippen LogP contribution in [0, 0.1) is 6.92 Å². The molecule has 1 aromatic rings. The van der Waals surface area contributed by atoms with Gasteiger partial charge in [0, 0.05) is 11.2 Å². The van der Waals surface area contributed by atoms with Crippen LogP contribution in [0.15, 0.2) is 18.2 Å². The van der Waals surface area contributed by atoms with Gasteiger partial charge in [0.05, 0.1) is 5.56 Å². The lowest BCUT2D eigenvalue weighted by Gasteiger charge is -2.20. The molecule has 1 amide bonds. The van der Waals surface area contributed by atoms with Crippen LogP contribution in [0.2, 0.25) is 0 Å². The zero-order chi connectivity index (χ0) is 14.6. The zero-order valence-corrected chi connectivity index (χ0v) is 11.7. The van der Waals surface area contributed by atoms with Gasteiger partial charge in [-0.15, -0.1) is 0 Å². The van der Waals surface area contributed by atoms with Gasteiger partial charge in [0.2, 0.25) is 0 Å². The van der Waals surface area contributed by atoms with E-state index in [1.165, 1.54) is 0 Å². The van der Waals surface area contributed by atoms with E-state index in [2.05, 4.69) is 5.32 Å². The molecule has 0 atom stereocenters. The van der Waals surface area contributed by atoms with Gasteiger partial charge in [-0.3, -0.25) is 4.79 Å². The van der Waals surface area contributed by atoms with E-state index < -0.39 is 5.97 Å². The maximum atomic E-state index is 11.8. The molecule has 0 unspecified atom stereocenters. The summed E-state index contributed by atoms with van der Waals surface area (Å²) in [6.07, 6.45) is 0. The summed E-state index contributed by atoms with van der Waals surface area (Å²) in [6.45, 7) is 7.05. The summed E-state index contributed by atoms with van der Waals surface area (Å²) in [6, 6.07) is 5.10. The highest BCUT2D eigenvalue weighted by atomic mass is 16.5. The Balaban J connectivity index is 2.61. The number of hydrogen-bond acceptors (Lipinski definition) is 4. The summed E-state index contributed by atoms with van der Waals surface area (Å²) in [5.41, 5.74) is 6.89. The molecule has 0 spiro atoms. The van der Waals surface area contributed by atoms with Crippen LogP contribution in [0.4, 0.5) is 5.69 Å². The zero-order valence-electron chi connectivity index (χ0n) is 11.7. The molecule has 0 fully saturated rings. The first-order valence-corrected chi connectivity index (χ1v) is 6.04. The molecule has 3 N–H and O–H groups in total. The molecule has 0 heterocycles. The Morgan fingerprint density at radius 1 is 1.32 bits per heavy atom. The van der Waals surface area contributed by atoms with E-state index in [-0.39, 0.29) is 23.6 Å². The molecule has 1 aromatic carbocycles. The van der Waals surface area contributed by atoms with E-state index in [1.54, 1.807) is 25.1 Å². The minimum Gasteiger partial charge on any atom is -0.452 e.